The summed E-state index contributed by atoms with van der Waals surface area (Å²) in [5.74, 6) is -1.39. The average molecular weight is 916 g/mol. The predicted octanol–water partition coefficient (Wildman–Crippen LogP) is 5.26. The molecule has 6 heterocycles. The Bertz CT molecular complexity index is 2330. The zero-order chi connectivity index (χ0) is 45.3. The smallest absolute Gasteiger partial charge is 0.320 e. The van der Waals surface area contributed by atoms with Gasteiger partial charge in [0, 0.05) is 97.1 Å². The van der Waals surface area contributed by atoms with Crippen LogP contribution in [0.4, 0.5) is 4.79 Å². The fraction of sp³-hybridized carbons (Fsp3) is 0.556. The van der Waals surface area contributed by atoms with E-state index in [1.54, 1.807) is 25.3 Å². The van der Waals surface area contributed by atoms with Crippen LogP contribution in [-0.4, -0.2) is 127 Å². The molecule has 338 valence electrons. The maximum atomic E-state index is 14.6. The molecule has 4 aromatic rings. The van der Waals surface area contributed by atoms with Crippen LogP contribution in [0.1, 0.15) is 76.8 Å². The molecular formula is C45H61N9O6S2Si. The van der Waals surface area contributed by atoms with Crippen LogP contribution in [0.3, 0.4) is 0 Å². The van der Waals surface area contributed by atoms with Gasteiger partial charge in [-0.05, 0) is 68.9 Å². The van der Waals surface area contributed by atoms with E-state index in [1.807, 2.05) is 32.2 Å². The largest absolute Gasteiger partial charge is 0.465 e. The van der Waals surface area contributed by atoms with Gasteiger partial charge in [0.1, 0.15) is 12.1 Å². The second-order valence-corrected chi connectivity index (χ2v) is 20.9. The number of aromatic nitrogens is 3. The van der Waals surface area contributed by atoms with E-state index in [1.165, 1.54) is 21.2 Å². The summed E-state index contributed by atoms with van der Waals surface area (Å²) < 4.78 is 14.3. The molecular weight excluding hydrogens is 855 g/mol. The molecule has 1 aromatic carbocycles. The highest BCUT2D eigenvalue weighted by molar-refractivity contribution is 7.81. The molecule has 3 aliphatic heterocycles. The normalized spacial score (nSPS) is 23.0. The van der Waals surface area contributed by atoms with E-state index in [4.69, 9.17) is 25.2 Å². The molecule has 7 rings (SSSR count). The van der Waals surface area contributed by atoms with Crippen molar-refractivity contribution >= 4 is 68.4 Å². The van der Waals surface area contributed by atoms with Gasteiger partial charge in [-0.1, -0.05) is 33.8 Å². The maximum Gasteiger partial charge on any atom is 0.320 e. The number of cyclic esters (lactones) is 1. The predicted molar refractivity (Wildman–Crippen MR) is 249 cm³/mol. The number of urea groups is 1. The Morgan fingerprint density at radius 1 is 1.21 bits per heavy atom. The molecule has 2 fully saturated rings. The zero-order valence-corrected chi connectivity index (χ0v) is 40.2. The standard InChI is InChI=1S/C45H61N9O6S2Si/c1-9-53-34-15-14-27-18-29(34)30(40(53)28-12-10-16-47-38(28)26(4)59-8)20-45(5,6)24-60-43(57)36-13-11-17-54(50-63-36)42(56)32(19-37-48-33(27)23-62-37)49-41(55)39(25(2)3)51(7)44(58)52-21-31(46)35(61)22-52/h10,12,14-16,18,23,25-26,31-32,35-36,39,50,61H,9,11,13,17,19-22,24,46H2,1-8H3,(H,49,55)/t26-,31-,32-,35?,36-,39-/m0/s1. The number of benzene rings is 1. The molecule has 18 heteroatoms. The molecule has 6 atom stereocenters. The minimum Gasteiger partial charge on any atom is -0.465 e. The number of fused-ring (bicyclic) bond motifs is 7. The number of rotatable bonds is 8. The van der Waals surface area contributed by atoms with E-state index in [2.05, 4.69) is 72.6 Å². The Labute approximate surface area is 382 Å². The summed E-state index contributed by atoms with van der Waals surface area (Å²) in [6.07, 6.45) is 3.36. The van der Waals surface area contributed by atoms with Gasteiger partial charge in [0.2, 0.25) is 5.91 Å². The van der Waals surface area contributed by atoms with Gasteiger partial charge in [0.25, 0.3) is 5.91 Å². The monoisotopic (exact) mass is 915 g/mol. The Morgan fingerprint density at radius 3 is 2.68 bits per heavy atom. The summed E-state index contributed by atoms with van der Waals surface area (Å²) in [5, 5.41) is 11.4. The third-order valence-corrected chi connectivity index (χ3v) is 15.1. The van der Waals surface area contributed by atoms with Crippen molar-refractivity contribution in [1.29, 1.82) is 0 Å². The van der Waals surface area contributed by atoms with Gasteiger partial charge in [-0.3, -0.25) is 29.5 Å². The summed E-state index contributed by atoms with van der Waals surface area (Å²) >= 11 is 5.96. The summed E-state index contributed by atoms with van der Waals surface area (Å²) in [5.41, 5.74) is 12.0. The highest BCUT2D eigenvalue weighted by Gasteiger charge is 2.40. The molecule has 6 bridgehead atoms. The van der Waals surface area contributed by atoms with Crippen molar-refractivity contribution in [3.8, 4) is 22.5 Å². The van der Waals surface area contributed by atoms with Crippen LogP contribution in [0, 0.1) is 11.3 Å². The van der Waals surface area contributed by atoms with Crippen molar-refractivity contribution in [2.24, 2.45) is 17.1 Å². The fourth-order valence-corrected chi connectivity index (χ4v) is 11.2. The number of likely N-dealkylation sites (N-methyl/N-ethyl adjacent to an activating group) is 1. The molecule has 1 unspecified atom stereocenters. The molecule has 3 aromatic heterocycles. The van der Waals surface area contributed by atoms with Gasteiger partial charge in [-0.25, -0.2) is 9.78 Å². The Morgan fingerprint density at radius 2 is 1.98 bits per heavy atom. The van der Waals surface area contributed by atoms with Crippen LogP contribution in [0.25, 0.3) is 33.4 Å². The van der Waals surface area contributed by atoms with Crippen LogP contribution in [0.5, 0.6) is 0 Å². The summed E-state index contributed by atoms with van der Waals surface area (Å²) in [7, 11) is 3.18. The van der Waals surface area contributed by atoms with Gasteiger partial charge in [-0.2, -0.15) is 12.6 Å². The number of hydrazine groups is 1. The van der Waals surface area contributed by atoms with Crippen LogP contribution in [0.15, 0.2) is 41.9 Å². The summed E-state index contributed by atoms with van der Waals surface area (Å²) in [6.45, 7) is 14.1. The number of aryl methyl sites for hydroxylation is 1. The Balaban J connectivity index is 1.29. The van der Waals surface area contributed by atoms with E-state index in [-0.39, 0.29) is 63.9 Å². The number of nitrogens with zero attached hydrogens (tertiary/aromatic N) is 6. The molecule has 0 aliphatic carbocycles. The van der Waals surface area contributed by atoms with E-state index >= 15 is 0 Å². The van der Waals surface area contributed by atoms with Crippen molar-refractivity contribution < 1.29 is 28.7 Å². The third kappa shape index (κ3) is 9.85. The third-order valence-electron chi connectivity index (χ3n) is 12.4. The fourth-order valence-electron chi connectivity index (χ4n) is 9.02. The molecule has 3 aliphatic rings. The zero-order valence-electron chi connectivity index (χ0n) is 37.5. The number of hydrogen-bond acceptors (Lipinski definition) is 12. The van der Waals surface area contributed by atoms with Gasteiger partial charge >= 0.3 is 12.0 Å². The average Bonchev–Trinajstić information content (AvgIpc) is 3.88. The number of amides is 4. The van der Waals surface area contributed by atoms with Crippen molar-refractivity contribution in [3.63, 3.8) is 0 Å². The SMILES string of the molecule is CCn1c(-c2cccnc2[C@H](C)OC)c2c3cc(ccc31)-c1csc(n1)C[C@H](NC(=O)[C@H](C(C)C)N(C)C(=O)N1CC(S)[C@@H](N)C1)C(=O)N1CCC[C@H]([Si]N1)C(=O)OCC(C)(C)C2. The lowest BCUT2D eigenvalue weighted by atomic mass is 9.84. The molecule has 2 saturated heterocycles. The second kappa shape index (κ2) is 19.4. The molecule has 2 radical (unpaired) electrons. The lowest BCUT2D eigenvalue weighted by Crippen LogP contribution is -2.59. The molecule has 63 heavy (non-hydrogen) atoms. The van der Waals surface area contributed by atoms with Crippen molar-refractivity contribution in [2.45, 2.75) is 109 Å². The van der Waals surface area contributed by atoms with Gasteiger partial charge in [-0.15, -0.1) is 11.3 Å². The number of carbonyl (C=O) groups excluding carboxylic acids is 4. The Kier molecular flexibility index (Phi) is 14.4. The highest BCUT2D eigenvalue weighted by atomic mass is 32.1. The van der Waals surface area contributed by atoms with E-state index < -0.39 is 28.9 Å². The quantitative estimate of drug-likeness (QED) is 0.104. The highest BCUT2D eigenvalue weighted by Crippen LogP contribution is 2.42. The number of likely N-dealkylation sites (tertiary alicyclic amines) is 1. The van der Waals surface area contributed by atoms with Crippen LogP contribution in [0.2, 0.25) is 5.54 Å². The van der Waals surface area contributed by atoms with Gasteiger partial charge in [0.05, 0.1) is 40.3 Å². The maximum absolute atomic E-state index is 14.6. The summed E-state index contributed by atoms with van der Waals surface area (Å²) in [6, 6.07) is 7.95. The number of ether oxygens (including phenoxy) is 2. The van der Waals surface area contributed by atoms with Crippen molar-refractivity contribution in [2.75, 3.05) is 40.4 Å². The molecule has 4 N–H and O–H groups in total. The number of carbonyl (C=O) groups is 4. The first-order valence-corrected chi connectivity index (χ1v) is 24.3. The molecule has 0 saturated carbocycles. The van der Waals surface area contributed by atoms with Crippen molar-refractivity contribution in [3.05, 3.63) is 58.2 Å². The molecule has 4 amide bonds. The first-order chi connectivity index (χ1) is 30.0. The lowest BCUT2D eigenvalue weighted by Gasteiger charge is -2.34. The number of methoxy groups -OCH3 is 1. The summed E-state index contributed by atoms with van der Waals surface area (Å²) in [4.78, 5) is 69.4. The van der Waals surface area contributed by atoms with E-state index in [0.29, 0.717) is 50.4 Å². The minimum atomic E-state index is -1.02. The number of pyridine rings is 1. The minimum absolute atomic E-state index is 0.117. The Hall–Kier alpha value is -4.33. The first kappa shape index (κ1) is 46.7. The topological polar surface area (TPSA) is 177 Å². The number of nitrogens with one attached hydrogen (secondary N) is 2. The number of hydrogen-bond donors (Lipinski definition) is 4. The van der Waals surface area contributed by atoms with Crippen LogP contribution >= 0.6 is 24.0 Å². The van der Waals surface area contributed by atoms with Crippen LogP contribution in [-0.2, 0) is 43.2 Å². The van der Waals surface area contributed by atoms with Gasteiger partial charge < -0.3 is 34.9 Å². The molecule has 0 spiro atoms. The van der Waals surface area contributed by atoms with Crippen molar-refractivity contribution in [1.82, 2.24) is 39.8 Å². The van der Waals surface area contributed by atoms with E-state index in [0.717, 1.165) is 44.7 Å². The number of esters is 1. The second-order valence-electron chi connectivity index (χ2n) is 18.1. The lowest BCUT2D eigenvalue weighted by molar-refractivity contribution is -0.146. The molecule has 15 nitrogen and oxygen atoms in total. The number of thiol groups is 1. The van der Waals surface area contributed by atoms with E-state index in [9.17, 15) is 19.2 Å². The number of thiazole rings is 1. The first-order valence-electron chi connectivity index (χ1n) is 21.8. The van der Waals surface area contributed by atoms with Crippen LogP contribution < -0.4 is 16.1 Å². The number of nitrogens with two attached hydrogens (primary N) is 1. The van der Waals surface area contributed by atoms with Gasteiger partial charge in [0.15, 0.2) is 9.68 Å².